The minimum Gasteiger partial charge on any atom is -1.00 e. The third kappa shape index (κ3) is 3.83. The van der Waals surface area contributed by atoms with Gasteiger partial charge in [-0.15, -0.1) is 11.8 Å². The molecule has 0 spiro atoms. The van der Waals surface area contributed by atoms with Crippen LogP contribution >= 0.6 is 27.7 Å². The molecular formula is C8H11BrMgS. The standard InChI is InChI=1S/C8H9BrS.Mg.2H/c1-10-8-4-2-7(6-9)3-5-8;;;/h2-5H,6H2,1H3;;;/q;+2;2*-1. The maximum absolute atomic E-state index is 3.40. The molecule has 0 heterocycles. The summed E-state index contributed by atoms with van der Waals surface area (Å²) in [6, 6.07) is 8.56. The molecule has 1 aromatic carbocycles. The fourth-order valence-corrected chi connectivity index (χ4v) is 1.50. The molecule has 0 aliphatic rings. The van der Waals surface area contributed by atoms with Crippen LogP contribution < -0.4 is 0 Å². The molecule has 0 bridgehead atoms. The zero-order chi connectivity index (χ0) is 7.40. The number of halogens is 1. The monoisotopic (exact) mass is 242 g/mol. The van der Waals surface area contributed by atoms with E-state index in [-0.39, 0.29) is 25.9 Å². The fourth-order valence-electron chi connectivity index (χ4n) is 0.715. The van der Waals surface area contributed by atoms with Crippen molar-refractivity contribution in [1.82, 2.24) is 0 Å². The van der Waals surface area contributed by atoms with E-state index < -0.39 is 0 Å². The second-order valence-corrected chi connectivity index (χ2v) is 3.42. The van der Waals surface area contributed by atoms with E-state index >= 15 is 0 Å². The molecular weight excluding hydrogens is 232 g/mol. The van der Waals surface area contributed by atoms with E-state index in [9.17, 15) is 0 Å². The third-order valence-electron chi connectivity index (χ3n) is 1.31. The molecule has 0 aliphatic carbocycles. The summed E-state index contributed by atoms with van der Waals surface area (Å²) >= 11 is 5.17. The van der Waals surface area contributed by atoms with Crippen LogP contribution in [0.1, 0.15) is 8.42 Å². The van der Waals surface area contributed by atoms with Crippen molar-refractivity contribution in [1.29, 1.82) is 0 Å². The normalized spacial score (nSPS) is 8.91. The first-order valence-corrected chi connectivity index (χ1v) is 5.40. The van der Waals surface area contributed by atoms with Gasteiger partial charge in [0.05, 0.1) is 0 Å². The van der Waals surface area contributed by atoms with E-state index in [4.69, 9.17) is 0 Å². The molecule has 0 fully saturated rings. The van der Waals surface area contributed by atoms with Gasteiger partial charge in [-0.2, -0.15) is 0 Å². The Hall–Kier alpha value is 0.816. The van der Waals surface area contributed by atoms with E-state index in [0.717, 1.165) is 5.33 Å². The molecule has 0 radical (unpaired) electrons. The number of thioether (sulfide) groups is 1. The molecule has 3 heteroatoms. The summed E-state index contributed by atoms with van der Waals surface area (Å²) in [5, 5.41) is 0.946. The van der Waals surface area contributed by atoms with Gasteiger partial charge < -0.3 is 2.85 Å². The summed E-state index contributed by atoms with van der Waals surface area (Å²) in [6.07, 6.45) is 2.09. The Morgan fingerprint density at radius 3 is 2.27 bits per heavy atom. The van der Waals surface area contributed by atoms with E-state index in [1.165, 1.54) is 10.5 Å². The summed E-state index contributed by atoms with van der Waals surface area (Å²) in [7, 11) is 0. The molecule has 0 unspecified atom stereocenters. The van der Waals surface area contributed by atoms with E-state index in [1.807, 2.05) is 0 Å². The molecule has 0 atom stereocenters. The van der Waals surface area contributed by atoms with Gasteiger partial charge in [0.1, 0.15) is 0 Å². The Morgan fingerprint density at radius 1 is 1.36 bits per heavy atom. The van der Waals surface area contributed by atoms with Gasteiger partial charge in [0.2, 0.25) is 0 Å². The van der Waals surface area contributed by atoms with Crippen molar-refractivity contribution < 1.29 is 2.85 Å². The van der Waals surface area contributed by atoms with Gasteiger partial charge in [0, 0.05) is 10.2 Å². The molecule has 0 aromatic heterocycles. The predicted molar refractivity (Wildman–Crippen MR) is 58.8 cm³/mol. The van der Waals surface area contributed by atoms with Crippen molar-refractivity contribution in [2.45, 2.75) is 10.2 Å². The van der Waals surface area contributed by atoms with E-state index in [1.54, 1.807) is 11.8 Å². The smallest absolute Gasteiger partial charge is 1.00 e. The average Bonchev–Trinajstić information content (AvgIpc) is 2.05. The molecule has 0 saturated heterocycles. The quantitative estimate of drug-likeness (QED) is 0.437. The number of hydrogen-bond acceptors (Lipinski definition) is 1. The van der Waals surface area contributed by atoms with Crippen LogP contribution in [0.15, 0.2) is 29.2 Å². The van der Waals surface area contributed by atoms with Gasteiger partial charge in [0.25, 0.3) is 0 Å². The average molecular weight is 243 g/mol. The zero-order valence-corrected chi connectivity index (χ0v) is 10.3. The molecule has 0 nitrogen and oxygen atoms in total. The van der Waals surface area contributed by atoms with Gasteiger partial charge in [-0.3, -0.25) is 0 Å². The third-order valence-corrected chi connectivity index (χ3v) is 2.70. The maximum Gasteiger partial charge on any atom is 2.00 e. The fraction of sp³-hybridized carbons (Fsp3) is 0.250. The first-order valence-electron chi connectivity index (χ1n) is 3.05. The molecule has 58 valence electrons. The van der Waals surface area contributed by atoms with Crippen LogP contribution in [0.3, 0.4) is 0 Å². The molecule has 0 saturated carbocycles. The zero-order valence-electron chi connectivity index (χ0n) is 8.51. The molecule has 1 aromatic rings. The first-order chi connectivity index (χ1) is 4.86. The van der Waals surface area contributed by atoms with Crippen molar-refractivity contribution in [3.05, 3.63) is 29.8 Å². The minimum absolute atomic E-state index is 0. The second-order valence-electron chi connectivity index (χ2n) is 1.98. The SMILES string of the molecule is CSc1ccc(CBr)cc1.[H-].[H-].[Mg+2]. The van der Waals surface area contributed by atoms with Gasteiger partial charge in [-0.1, -0.05) is 28.1 Å². The van der Waals surface area contributed by atoms with Gasteiger partial charge >= 0.3 is 23.1 Å². The summed E-state index contributed by atoms with van der Waals surface area (Å²) in [4.78, 5) is 1.32. The van der Waals surface area contributed by atoms with Crippen molar-refractivity contribution in [3.8, 4) is 0 Å². The maximum atomic E-state index is 3.40. The van der Waals surface area contributed by atoms with Crippen molar-refractivity contribution in [2.75, 3.05) is 6.26 Å². The Morgan fingerprint density at radius 2 is 1.91 bits per heavy atom. The Labute approximate surface area is 99.4 Å². The van der Waals surface area contributed by atoms with Crippen LogP contribution in [0.2, 0.25) is 0 Å². The first kappa shape index (κ1) is 11.8. The Bertz CT molecular complexity index is 183. The topological polar surface area (TPSA) is 0 Å². The minimum atomic E-state index is 0. The van der Waals surface area contributed by atoms with Crippen LogP contribution in [-0.4, -0.2) is 29.3 Å². The van der Waals surface area contributed by atoms with E-state index in [2.05, 4.69) is 46.5 Å². The van der Waals surface area contributed by atoms with E-state index in [0.29, 0.717) is 0 Å². The largest absolute Gasteiger partial charge is 2.00 e. The van der Waals surface area contributed by atoms with Crippen molar-refractivity contribution >= 4 is 50.7 Å². The van der Waals surface area contributed by atoms with Crippen LogP contribution in [0, 0.1) is 0 Å². The van der Waals surface area contributed by atoms with Crippen LogP contribution in [0.5, 0.6) is 0 Å². The number of alkyl halides is 1. The summed E-state index contributed by atoms with van der Waals surface area (Å²) in [5.74, 6) is 0. The summed E-state index contributed by atoms with van der Waals surface area (Å²) < 4.78 is 0. The van der Waals surface area contributed by atoms with Crippen molar-refractivity contribution in [3.63, 3.8) is 0 Å². The predicted octanol–water partition coefficient (Wildman–Crippen LogP) is 3.15. The number of benzene rings is 1. The van der Waals surface area contributed by atoms with Crippen LogP contribution in [0.4, 0.5) is 0 Å². The second kappa shape index (κ2) is 6.35. The van der Waals surface area contributed by atoms with Gasteiger partial charge in [0.15, 0.2) is 0 Å². The van der Waals surface area contributed by atoms with Gasteiger partial charge in [-0.05, 0) is 24.0 Å². The van der Waals surface area contributed by atoms with Crippen LogP contribution in [-0.2, 0) is 5.33 Å². The van der Waals surface area contributed by atoms with Gasteiger partial charge in [-0.25, -0.2) is 0 Å². The van der Waals surface area contributed by atoms with Crippen molar-refractivity contribution in [2.24, 2.45) is 0 Å². The molecule has 0 amide bonds. The molecule has 1 rings (SSSR count). The van der Waals surface area contributed by atoms with Crippen LogP contribution in [0.25, 0.3) is 0 Å². The molecule has 0 N–H and O–H groups in total. The number of rotatable bonds is 2. The summed E-state index contributed by atoms with van der Waals surface area (Å²) in [6.45, 7) is 0. The molecule has 0 aliphatic heterocycles. The summed E-state index contributed by atoms with van der Waals surface area (Å²) in [5.41, 5.74) is 1.33. The number of hydrogen-bond donors (Lipinski definition) is 0. The molecule has 11 heavy (non-hydrogen) atoms. The Balaban J connectivity index is -0.000000333. The Kier molecular flexibility index (Phi) is 6.82.